The van der Waals surface area contributed by atoms with Crippen molar-refractivity contribution >= 4 is 11.8 Å². The summed E-state index contributed by atoms with van der Waals surface area (Å²) in [5.74, 6) is 0.171. The second kappa shape index (κ2) is 10.3. The summed E-state index contributed by atoms with van der Waals surface area (Å²) in [4.78, 5) is 34.2. The molecule has 0 spiro atoms. The van der Waals surface area contributed by atoms with Crippen LogP contribution in [0.2, 0.25) is 0 Å². The maximum atomic E-state index is 13.2. The fourth-order valence-electron chi connectivity index (χ4n) is 4.25. The number of carbonyl (C=O) groups is 2. The lowest BCUT2D eigenvalue weighted by Crippen LogP contribution is -2.38. The van der Waals surface area contributed by atoms with Crippen LogP contribution >= 0.6 is 0 Å². The van der Waals surface area contributed by atoms with Crippen LogP contribution in [-0.4, -0.2) is 59.9 Å². The molecular weight excluding hydrogens is 414 g/mol. The maximum absolute atomic E-state index is 13.2. The second-order valence-electron chi connectivity index (χ2n) is 8.22. The van der Waals surface area contributed by atoms with Crippen LogP contribution in [0.1, 0.15) is 22.8 Å². The Bertz CT molecular complexity index is 1080. The minimum Gasteiger partial charge on any atom is -0.481 e. The molecule has 170 valence electrons. The van der Waals surface area contributed by atoms with Crippen LogP contribution in [0.3, 0.4) is 0 Å². The third-order valence-electron chi connectivity index (χ3n) is 6.15. The molecular formula is C27H29N3O3. The average molecular weight is 444 g/mol. The predicted octanol–water partition coefficient (Wildman–Crippen LogP) is 3.92. The molecule has 0 N–H and O–H groups in total. The standard InChI is InChI=1S/C27H29N3O3/c1-3-29-15-16-30(26(31)23-13-14-25(33-2)28-18-23)19-24(27(29)32)17-20-9-11-22(12-10-20)21-7-5-4-6-8-21/h4-14,18,24H,3,15-17,19H2,1-2H3/t24-/m1/s1. The Hall–Kier alpha value is -3.67. The number of hydrogen-bond donors (Lipinski definition) is 0. The van der Waals surface area contributed by atoms with Crippen molar-refractivity contribution in [1.82, 2.24) is 14.8 Å². The summed E-state index contributed by atoms with van der Waals surface area (Å²) < 4.78 is 5.09. The molecule has 2 amide bonds. The molecule has 1 atom stereocenters. The van der Waals surface area contributed by atoms with Crippen LogP contribution in [0.25, 0.3) is 11.1 Å². The Morgan fingerprint density at radius 1 is 1.00 bits per heavy atom. The van der Waals surface area contributed by atoms with E-state index < -0.39 is 0 Å². The normalized spacial score (nSPS) is 16.4. The van der Waals surface area contributed by atoms with E-state index in [2.05, 4.69) is 41.4 Å². The van der Waals surface area contributed by atoms with E-state index in [0.29, 0.717) is 44.0 Å². The SMILES string of the molecule is CCN1CCN(C(=O)c2ccc(OC)nc2)C[C@@H](Cc2ccc(-c3ccccc3)cc2)C1=O. The van der Waals surface area contributed by atoms with E-state index >= 15 is 0 Å². The van der Waals surface area contributed by atoms with Crippen LogP contribution in [0.4, 0.5) is 0 Å². The van der Waals surface area contributed by atoms with Crippen molar-refractivity contribution < 1.29 is 14.3 Å². The van der Waals surface area contributed by atoms with Gasteiger partial charge in [-0.05, 0) is 36.1 Å². The Morgan fingerprint density at radius 2 is 1.73 bits per heavy atom. The first-order chi connectivity index (χ1) is 16.1. The molecule has 4 rings (SSSR count). The number of nitrogens with zero attached hydrogens (tertiary/aromatic N) is 3. The number of methoxy groups -OCH3 is 1. The molecule has 0 aliphatic carbocycles. The molecule has 1 fully saturated rings. The first kappa shape index (κ1) is 22.5. The molecule has 2 aromatic carbocycles. The average Bonchev–Trinajstić information content (AvgIpc) is 3.03. The molecule has 1 aliphatic heterocycles. The summed E-state index contributed by atoms with van der Waals surface area (Å²) in [6, 6.07) is 22.0. The lowest BCUT2D eigenvalue weighted by molar-refractivity contribution is -0.134. The molecule has 1 aromatic heterocycles. The van der Waals surface area contributed by atoms with E-state index in [1.165, 1.54) is 6.20 Å². The molecule has 1 aliphatic rings. The van der Waals surface area contributed by atoms with E-state index in [0.717, 1.165) is 16.7 Å². The molecule has 6 nitrogen and oxygen atoms in total. The number of aromatic nitrogens is 1. The molecule has 1 saturated heterocycles. The molecule has 0 unspecified atom stereocenters. The number of carbonyl (C=O) groups excluding carboxylic acids is 2. The van der Waals surface area contributed by atoms with Crippen LogP contribution in [0, 0.1) is 5.92 Å². The zero-order valence-electron chi connectivity index (χ0n) is 19.1. The van der Waals surface area contributed by atoms with Gasteiger partial charge in [0.25, 0.3) is 5.91 Å². The van der Waals surface area contributed by atoms with Crippen LogP contribution in [0.15, 0.2) is 72.9 Å². The number of pyridine rings is 1. The fourth-order valence-corrected chi connectivity index (χ4v) is 4.25. The van der Waals surface area contributed by atoms with Crippen LogP contribution in [0.5, 0.6) is 5.88 Å². The van der Waals surface area contributed by atoms with Crippen molar-refractivity contribution in [1.29, 1.82) is 0 Å². The highest BCUT2D eigenvalue weighted by Crippen LogP contribution is 2.23. The molecule has 0 bridgehead atoms. The molecule has 33 heavy (non-hydrogen) atoms. The van der Waals surface area contributed by atoms with Crippen LogP contribution in [-0.2, 0) is 11.2 Å². The van der Waals surface area contributed by atoms with Crippen molar-refractivity contribution in [3.63, 3.8) is 0 Å². The van der Waals surface area contributed by atoms with Gasteiger partial charge in [-0.15, -0.1) is 0 Å². The summed E-state index contributed by atoms with van der Waals surface area (Å²) >= 11 is 0. The highest BCUT2D eigenvalue weighted by molar-refractivity contribution is 5.94. The topological polar surface area (TPSA) is 62.7 Å². The van der Waals surface area contributed by atoms with E-state index in [1.807, 2.05) is 30.0 Å². The second-order valence-corrected chi connectivity index (χ2v) is 8.22. The first-order valence-electron chi connectivity index (χ1n) is 11.3. The Morgan fingerprint density at radius 3 is 2.36 bits per heavy atom. The fraction of sp³-hybridized carbons (Fsp3) is 0.296. The number of ether oxygens (including phenoxy) is 1. The number of amides is 2. The van der Waals surface area contributed by atoms with E-state index in [-0.39, 0.29) is 17.7 Å². The monoisotopic (exact) mass is 443 g/mol. The smallest absolute Gasteiger partial charge is 0.255 e. The zero-order chi connectivity index (χ0) is 23.2. The summed E-state index contributed by atoms with van der Waals surface area (Å²) in [7, 11) is 1.54. The lowest BCUT2D eigenvalue weighted by atomic mass is 9.95. The Balaban J connectivity index is 1.52. The summed E-state index contributed by atoms with van der Waals surface area (Å²) in [6.07, 6.45) is 2.12. The third kappa shape index (κ3) is 5.22. The first-order valence-corrected chi connectivity index (χ1v) is 11.3. The number of hydrogen-bond acceptors (Lipinski definition) is 4. The van der Waals surface area contributed by atoms with Gasteiger partial charge in [0.15, 0.2) is 0 Å². The predicted molar refractivity (Wildman–Crippen MR) is 128 cm³/mol. The van der Waals surface area contributed by atoms with Crippen molar-refractivity contribution in [2.75, 3.05) is 33.3 Å². The van der Waals surface area contributed by atoms with Crippen LogP contribution < -0.4 is 4.74 Å². The van der Waals surface area contributed by atoms with Gasteiger partial charge in [-0.3, -0.25) is 9.59 Å². The number of rotatable bonds is 6. The largest absolute Gasteiger partial charge is 0.481 e. The van der Waals surface area contributed by atoms with E-state index in [9.17, 15) is 9.59 Å². The van der Waals surface area contributed by atoms with Gasteiger partial charge in [0.05, 0.1) is 18.6 Å². The van der Waals surface area contributed by atoms with Crippen molar-refractivity contribution in [2.45, 2.75) is 13.3 Å². The lowest BCUT2D eigenvalue weighted by Gasteiger charge is -2.23. The van der Waals surface area contributed by atoms with Crippen molar-refractivity contribution in [3.8, 4) is 17.0 Å². The molecule has 3 aromatic rings. The molecule has 0 radical (unpaired) electrons. The molecule has 2 heterocycles. The van der Waals surface area contributed by atoms with E-state index in [1.54, 1.807) is 24.1 Å². The number of likely N-dealkylation sites (N-methyl/N-ethyl adjacent to an activating group) is 1. The highest BCUT2D eigenvalue weighted by atomic mass is 16.5. The van der Waals surface area contributed by atoms with E-state index in [4.69, 9.17) is 4.74 Å². The van der Waals surface area contributed by atoms with Crippen molar-refractivity contribution in [3.05, 3.63) is 84.1 Å². The van der Waals surface area contributed by atoms with Gasteiger partial charge in [-0.2, -0.15) is 0 Å². The van der Waals surface area contributed by atoms with Gasteiger partial charge in [0.1, 0.15) is 0 Å². The van der Waals surface area contributed by atoms with Gasteiger partial charge in [-0.25, -0.2) is 4.98 Å². The minimum absolute atomic E-state index is 0.104. The Labute approximate surface area is 194 Å². The quantitative estimate of drug-likeness (QED) is 0.579. The Kier molecular flexibility index (Phi) is 7.03. The van der Waals surface area contributed by atoms with Gasteiger partial charge in [0, 0.05) is 38.4 Å². The third-order valence-corrected chi connectivity index (χ3v) is 6.15. The van der Waals surface area contributed by atoms with Gasteiger partial charge in [-0.1, -0.05) is 54.6 Å². The summed E-state index contributed by atoms with van der Waals surface area (Å²) in [5.41, 5.74) is 3.89. The maximum Gasteiger partial charge on any atom is 0.255 e. The van der Waals surface area contributed by atoms with Gasteiger partial charge in [0.2, 0.25) is 11.8 Å². The summed E-state index contributed by atoms with van der Waals surface area (Å²) in [6.45, 7) is 4.05. The van der Waals surface area contributed by atoms with Gasteiger partial charge < -0.3 is 14.5 Å². The zero-order valence-corrected chi connectivity index (χ0v) is 19.1. The number of benzene rings is 2. The minimum atomic E-state index is -0.287. The highest BCUT2D eigenvalue weighted by Gasteiger charge is 2.32. The molecule has 0 saturated carbocycles. The molecule has 6 heteroatoms. The summed E-state index contributed by atoms with van der Waals surface area (Å²) in [5, 5.41) is 0. The van der Waals surface area contributed by atoms with Gasteiger partial charge >= 0.3 is 0 Å². The van der Waals surface area contributed by atoms with Crippen molar-refractivity contribution in [2.24, 2.45) is 5.92 Å².